The second kappa shape index (κ2) is 12.5. The molecule has 0 radical (unpaired) electrons. The van der Waals surface area contributed by atoms with Gasteiger partial charge in [-0.25, -0.2) is 0 Å². The van der Waals surface area contributed by atoms with Crippen LogP contribution in [0.25, 0.3) is 0 Å². The number of amides is 1. The number of benzene rings is 4. The Morgan fingerprint density at radius 3 is 1.79 bits per heavy atom. The Kier molecular flexibility index (Phi) is 8.55. The molecule has 1 saturated heterocycles. The number of esters is 1. The third-order valence-electron chi connectivity index (χ3n) is 7.77. The van der Waals surface area contributed by atoms with Gasteiger partial charge in [-0.05, 0) is 0 Å². The summed E-state index contributed by atoms with van der Waals surface area (Å²) in [5.74, 6) is -2.08. The van der Waals surface area contributed by atoms with Gasteiger partial charge in [-0.1, -0.05) is 0 Å². The molecule has 0 aliphatic carbocycles. The van der Waals surface area contributed by atoms with Crippen molar-refractivity contribution in [1.29, 1.82) is 0 Å². The second-order valence-corrected chi connectivity index (χ2v) is 14.3. The van der Waals surface area contributed by atoms with Gasteiger partial charge in [-0.2, -0.15) is 0 Å². The first-order chi connectivity index (χ1) is 20.3. The standard InChI is InChI=1S/C33H31N2O6P/c1-24(36)21-26-22-31(37)34(26)32(33(38)41-23-25-13-11-12-20-30(25)35(39)40)42(27-14-5-2-6-15-27,28-16-7-3-8-17-28)29-18-9-4-10-19-29/h2-20,26,32,42H,21-23H2,1H3. The number of rotatable bonds is 11. The number of carbonyl (C=O) groups is 3. The zero-order chi connectivity index (χ0) is 29.7. The number of ether oxygens (including phenoxy) is 1. The molecule has 0 aromatic heterocycles. The number of β-lactam (4-membered cyclic amide) rings is 1. The molecule has 8 nitrogen and oxygen atoms in total. The van der Waals surface area contributed by atoms with Crippen LogP contribution in [-0.4, -0.2) is 39.3 Å². The summed E-state index contributed by atoms with van der Waals surface area (Å²) >= 11 is 0. The van der Waals surface area contributed by atoms with Gasteiger partial charge in [0.25, 0.3) is 0 Å². The first-order valence-corrected chi connectivity index (χ1v) is 15.8. The van der Waals surface area contributed by atoms with Gasteiger partial charge < -0.3 is 0 Å². The number of Topliss-reactive ketones (excluding diaryl/α,β-unsaturated/α-hetero) is 1. The summed E-state index contributed by atoms with van der Waals surface area (Å²) in [6.07, 6.45) is 0.263. The molecular formula is C33H31N2O6P. The van der Waals surface area contributed by atoms with E-state index in [1.807, 2.05) is 91.0 Å². The van der Waals surface area contributed by atoms with Crippen LogP contribution in [0.5, 0.6) is 0 Å². The Balaban J connectivity index is 1.73. The summed E-state index contributed by atoms with van der Waals surface area (Å²) in [7, 11) is -3.47. The summed E-state index contributed by atoms with van der Waals surface area (Å²) < 4.78 is 5.92. The maximum atomic E-state index is 14.5. The van der Waals surface area contributed by atoms with Gasteiger partial charge >= 0.3 is 245 Å². The third-order valence-corrected chi connectivity index (χ3v) is 12.8. The fraction of sp³-hybridized carbons (Fsp3) is 0.182. The van der Waals surface area contributed by atoms with E-state index in [9.17, 15) is 24.5 Å². The van der Waals surface area contributed by atoms with Crippen molar-refractivity contribution in [3.63, 3.8) is 0 Å². The monoisotopic (exact) mass is 582 g/mol. The zero-order valence-electron chi connectivity index (χ0n) is 23.1. The van der Waals surface area contributed by atoms with Gasteiger partial charge in [0.15, 0.2) is 0 Å². The number of nitro benzene ring substituents is 1. The maximum absolute atomic E-state index is 14.5. The molecule has 1 fully saturated rings. The van der Waals surface area contributed by atoms with Crippen molar-refractivity contribution in [3.8, 4) is 0 Å². The van der Waals surface area contributed by atoms with E-state index in [1.54, 1.807) is 23.1 Å². The topological polar surface area (TPSA) is 107 Å². The van der Waals surface area contributed by atoms with Gasteiger partial charge in [0.1, 0.15) is 0 Å². The number of hydrogen-bond acceptors (Lipinski definition) is 6. The van der Waals surface area contributed by atoms with Crippen LogP contribution in [0.15, 0.2) is 115 Å². The minimum absolute atomic E-state index is 0.0871. The fourth-order valence-corrected chi connectivity index (χ4v) is 11.3. The Morgan fingerprint density at radius 1 is 0.857 bits per heavy atom. The van der Waals surface area contributed by atoms with Crippen molar-refractivity contribution >= 4 is 46.5 Å². The number of carbonyl (C=O) groups excluding carboxylic acids is 3. The molecule has 214 valence electrons. The van der Waals surface area contributed by atoms with Crippen LogP contribution in [0.1, 0.15) is 25.3 Å². The van der Waals surface area contributed by atoms with Crippen LogP contribution in [0, 0.1) is 10.1 Å². The quantitative estimate of drug-likeness (QED) is 0.0860. The third kappa shape index (κ3) is 5.46. The van der Waals surface area contributed by atoms with E-state index in [4.69, 9.17) is 4.74 Å². The number of hydrogen-bond donors (Lipinski definition) is 0. The van der Waals surface area contributed by atoms with E-state index in [0.717, 1.165) is 15.9 Å². The SMILES string of the molecule is CC(=O)CC1CC(=O)N1C(C(=O)OCc1ccccc1[N+](=O)[O-])[PH](c1ccccc1)(c1ccccc1)c1ccccc1. The number of para-hydroxylation sites is 1. The summed E-state index contributed by atoms with van der Waals surface area (Å²) in [6.45, 7) is 1.13. The Bertz CT molecular complexity index is 1500. The molecule has 4 aromatic rings. The molecule has 0 spiro atoms. The van der Waals surface area contributed by atoms with Crippen molar-refractivity contribution in [1.82, 2.24) is 4.90 Å². The molecule has 1 heterocycles. The molecular weight excluding hydrogens is 551 g/mol. The second-order valence-electron chi connectivity index (χ2n) is 10.4. The van der Waals surface area contributed by atoms with Crippen molar-refractivity contribution in [3.05, 3.63) is 131 Å². The molecule has 0 bridgehead atoms. The van der Waals surface area contributed by atoms with E-state index in [0.29, 0.717) is 0 Å². The van der Waals surface area contributed by atoms with Crippen molar-refractivity contribution in [2.75, 3.05) is 0 Å². The molecule has 1 aliphatic rings. The average Bonchev–Trinajstić information content (AvgIpc) is 3.01. The van der Waals surface area contributed by atoms with Gasteiger partial charge in [0, 0.05) is 0 Å². The molecule has 0 saturated carbocycles. The Morgan fingerprint density at radius 2 is 1.33 bits per heavy atom. The predicted octanol–water partition coefficient (Wildman–Crippen LogP) is 4.27. The summed E-state index contributed by atoms with van der Waals surface area (Å²) in [4.78, 5) is 52.9. The molecule has 4 aromatic carbocycles. The average molecular weight is 583 g/mol. The van der Waals surface area contributed by atoms with Crippen LogP contribution >= 0.6 is 7.26 Å². The van der Waals surface area contributed by atoms with Crippen molar-refractivity contribution in [2.24, 2.45) is 0 Å². The first kappa shape index (κ1) is 28.8. The normalized spacial score (nSPS) is 15.8. The van der Waals surface area contributed by atoms with Crippen molar-refractivity contribution in [2.45, 2.75) is 38.2 Å². The summed E-state index contributed by atoms with van der Waals surface area (Å²) in [6, 6.07) is 34.6. The van der Waals surface area contributed by atoms with Crippen LogP contribution in [0.4, 0.5) is 5.69 Å². The van der Waals surface area contributed by atoms with Crippen LogP contribution < -0.4 is 15.9 Å². The number of nitro groups is 1. The molecule has 1 aliphatic heterocycles. The van der Waals surface area contributed by atoms with Crippen LogP contribution in [0.2, 0.25) is 0 Å². The number of ketones is 1. The molecule has 0 N–H and O–H groups in total. The Hall–Kier alpha value is -4.68. The van der Waals surface area contributed by atoms with Crippen molar-refractivity contribution < 1.29 is 24.0 Å². The van der Waals surface area contributed by atoms with Gasteiger partial charge in [-0.15, -0.1) is 0 Å². The summed E-state index contributed by atoms with van der Waals surface area (Å²) in [5, 5.41) is 14.3. The van der Waals surface area contributed by atoms with Gasteiger partial charge in [0.2, 0.25) is 0 Å². The summed E-state index contributed by atoms with van der Waals surface area (Å²) in [5.41, 5.74) is 0.0882. The van der Waals surface area contributed by atoms with E-state index in [-0.39, 0.29) is 42.4 Å². The predicted molar refractivity (Wildman–Crippen MR) is 164 cm³/mol. The molecule has 9 heteroatoms. The number of likely N-dealkylation sites (tertiary alicyclic amines) is 1. The van der Waals surface area contributed by atoms with E-state index < -0.39 is 30.0 Å². The van der Waals surface area contributed by atoms with E-state index in [1.165, 1.54) is 13.0 Å². The zero-order valence-corrected chi connectivity index (χ0v) is 24.1. The van der Waals surface area contributed by atoms with Crippen LogP contribution in [0.3, 0.4) is 0 Å². The molecule has 5 rings (SSSR count). The molecule has 42 heavy (non-hydrogen) atoms. The fourth-order valence-electron chi connectivity index (χ4n) is 5.97. The minimum atomic E-state index is -3.47. The molecule has 1 amide bonds. The number of nitrogens with zero attached hydrogens (tertiary/aromatic N) is 2. The molecule has 2 atom stereocenters. The van der Waals surface area contributed by atoms with Gasteiger partial charge in [0.05, 0.1) is 0 Å². The van der Waals surface area contributed by atoms with E-state index in [2.05, 4.69) is 0 Å². The van der Waals surface area contributed by atoms with Gasteiger partial charge in [-0.3, -0.25) is 0 Å². The van der Waals surface area contributed by atoms with E-state index >= 15 is 0 Å². The Labute approximate surface area is 244 Å². The molecule has 2 unspecified atom stereocenters. The van der Waals surface area contributed by atoms with Crippen LogP contribution in [-0.2, 0) is 25.7 Å². The first-order valence-electron chi connectivity index (χ1n) is 13.7.